The number of nitrogens with one attached hydrogen (secondary N) is 1. The van der Waals surface area contributed by atoms with E-state index in [0.717, 1.165) is 6.26 Å². The number of carbonyl (C=O) groups is 3. The number of hydrogen-bond acceptors (Lipinski definition) is 11. The van der Waals surface area contributed by atoms with Crippen molar-refractivity contribution < 1.29 is 52.0 Å². The third-order valence-electron chi connectivity index (χ3n) is 9.17. The number of ketones is 1. The van der Waals surface area contributed by atoms with E-state index in [4.69, 9.17) is 18.9 Å². The average Bonchev–Trinajstić information content (AvgIpc) is 3.06. The van der Waals surface area contributed by atoms with Crippen molar-refractivity contribution in [1.29, 1.82) is 0 Å². The number of phenolic OH excluding ortho intramolecular Hbond substituents is 2. The Kier molecular flexibility index (Phi) is 13.2. The lowest BCUT2D eigenvalue weighted by atomic mass is 9.84. The zero-order chi connectivity index (χ0) is 36.6. The maximum Gasteiger partial charge on any atom is 0.342 e. The van der Waals surface area contributed by atoms with Crippen LogP contribution in [0.4, 0.5) is 0 Å². The highest BCUT2D eigenvalue weighted by Gasteiger charge is 2.33. The summed E-state index contributed by atoms with van der Waals surface area (Å²) in [6, 6.07) is 4.27. The lowest BCUT2D eigenvalue weighted by Crippen LogP contribution is -2.46. The molecular formula is C36H48N2O11S. The summed E-state index contributed by atoms with van der Waals surface area (Å²) < 4.78 is 47.7. The van der Waals surface area contributed by atoms with E-state index in [0.29, 0.717) is 62.7 Å². The van der Waals surface area contributed by atoms with Gasteiger partial charge in [0.1, 0.15) is 22.8 Å². The van der Waals surface area contributed by atoms with Gasteiger partial charge in [-0.2, -0.15) is 0 Å². The zero-order valence-corrected chi connectivity index (χ0v) is 30.1. The average molecular weight is 717 g/mol. The first-order valence-electron chi connectivity index (χ1n) is 16.8. The minimum Gasteiger partial charge on any atom is -0.507 e. The van der Waals surface area contributed by atoms with Gasteiger partial charge in [-0.1, -0.05) is 12.2 Å². The van der Waals surface area contributed by atoms with E-state index in [1.165, 1.54) is 31.7 Å². The molecule has 2 atom stereocenters. The number of phenols is 2. The van der Waals surface area contributed by atoms with E-state index in [1.54, 1.807) is 31.2 Å². The highest BCUT2D eigenvalue weighted by atomic mass is 32.2. The van der Waals surface area contributed by atoms with Gasteiger partial charge in [0.25, 0.3) is 0 Å². The molecule has 50 heavy (non-hydrogen) atoms. The molecule has 4 rings (SSSR count). The van der Waals surface area contributed by atoms with Crippen molar-refractivity contribution in [3.05, 3.63) is 46.5 Å². The number of sulfonamides is 1. The Morgan fingerprint density at radius 2 is 1.64 bits per heavy atom. The molecule has 0 bridgehead atoms. The monoisotopic (exact) mass is 716 g/mol. The molecule has 2 aromatic rings. The van der Waals surface area contributed by atoms with Gasteiger partial charge >= 0.3 is 5.97 Å². The number of nitrogens with zero attached hydrogens (tertiary/aromatic N) is 1. The summed E-state index contributed by atoms with van der Waals surface area (Å²) in [5, 5.41) is 26.4. The number of ether oxygens (including phenoxy) is 4. The summed E-state index contributed by atoms with van der Waals surface area (Å²) in [4.78, 5) is 39.6. The molecule has 274 valence electrons. The maximum absolute atomic E-state index is 13.7. The van der Waals surface area contributed by atoms with Crippen molar-refractivity contribution in [3.63, 3.8) is 0 Å². The standard InChI is InChI=1S/C36H48N2O11S/c1-22-10-9-13-26(39)12-8-6-7-11-23-18-28(40)33(34(42)32(23)36(43)49-22)27(24-19-29(46-2)35(48-4)30(20-24)47-3)21-31(41)37-25-14-16-38(17-15-25)50(5,44)45/h7,11,18-20,22,25,27,40,42H,6,8-10,12-17,21H2,1-5H3,(H,37,41)/b11-7+/t22-,27?/m0/s1. The third kappa shape index (κ3) is 9.48. The first kappa shape index (κ1) is 38.5. The molecule has 1 amide bonds. The molecule has 2 aromatic carbocycles. The highest BCUT2D eigenvalue weighted by molar-refractivity contribution is 7.88. The molecule has 3 N–H and O–H groups in total. The first-order chi connectivity index (χ1) is 23.8. The van der Waals surface area contributed by atoms with Crippen LogP contribution in [0, 0.1) is 0 Å². The number of hydrogen-bond donors (Lipinski definition) is 3. The Bertz CT molecular complexity index is 1670. The second-order valence-corrected chi connectivity index (χ2v) is 14.8. The molecular weight excluding hydrogens is 668 g/mol. The number of methoxy groups -OCH3 is 3. The number of fused-ring (bicyclic) bond motifs is 1. The van der Waals surface area contributed by atoms with Crippen LogP contribution in [0.3, 0.4) is 0 Å². The summed E-state index contributed by atoms with van der Waals surface area (Å²) in [5.41, 5.74) is 0.384. The second-order valence-electron chi connectivity index (χ2n) is 12.8. The van der Waals surface area contributed by atoms with Crippen LogP contribution in [0.15, 0.2) is 24.3 Å². The molecule has 0 aromatic heterocycles. The number of piperidine rings is 1. The molecule has 0 aliphatic carbocycles. The molecule has 1 saturated heterocycles. The van der Waals surface area contributed by atoms with E-state index in [9.17, 15) is 33.0 Å². The molecule has 0 spiro atoms. The second kappa shape index (κ2) is 17.1. The Morgan fingerprint density at radius 3 is 2.24 bits per heavy atom. The van der Waals surface area contributed by atoms with Gasteiger partial charge in [-0.25, -0.2) is 17.5 Å². The third-order valence-corrected chi connectivity index (χ3v) is 10.5. The van der Waals surface area contributed by atoms with Gasteiger partial charge in [0.2, 0.25) is 21.7 Å². The van der Waals surface area contributed by atoms with Gasteiger partial charge in [-0.15, -0.1) is 0 Å². The minimum absolute atomic E-state index is 0.0789. The van der Waals surface area contributed by atoms with Crippen LogP contribution in [-0.2, 0) is 24.3 Å². The smallest absolute Gasteiger partial charge is 0.342 e. The Morgan fingerprint density at radius 1 is 1.00 bits per heavy atom. The van der Waals surface area contributed by atoms with Gasteiger partial charge in [0.15, 0.2) is 11.5 Å². The molecule has 1 unspecified atom stereocenters. The van der Waals surface area contributed by atoms with Crippen LogP contribution in [0.25, 0.3) is 6.08 Å². The fourth-order valence-corrected chi connectivity index (χ4v) is 7.39. The number of carbonyl (C=O) groups excluding carboxylic acids is 3. The lowest BCUT2D eigenvalue weighted by molar-refractivity contribution is -0.122. The number of cyclic esters (lactones) is 1. The highest BCUT2D eigenvalue weighted by Crippen LogP contribution is 2.47. The van der Waals surface area contributed by atoms with E-state index in [2.05, 4.69) is 5.32 Å². The van der Waals surface area contributed by atoms with Crippen molar-refractivity contribution in [2.75, 3.05) is 40.7 Å². The van der Waals surface area contributed by atoms with Crippen LogP contribution in [0.2, 0.25) is 0 Å². The van der Waals surface area contributed by atoms with Crippen LogP contribution < -0.4 is 19.5 Å². The van der Waals surface area contributed by atoms with Crippen LogP contribution >= 0.6 is 0 Å². The number of Topliss-reactive ketones (excluding diaryl/α,β-unsaturated/α-hetero) is 1. The van der Waals surface area contributed by atoms with Crippen molar-refractivity contribution in [1.82, 2.24) is 9.62 Å². The van der Waals surface area contributed by atoms with Gasteiger partial charge in [0, 0.05) is 49.9 Å². The molecule has 13 nitrogen and oxygen atoms in total. The fraction of sp³-hybridized carbons (Fsp3) is 0.528. The van der Waals surface area contributed by atoms with Crippen LogP contribution in [0.5, 0.6) is 28.7 Å². The van der Waals surface area contributed by atoms with Gasteiger partial charge < -0.3 is 34.5 Å². The SMILES string of the molecule is COc1cc(C(CC(=O)NC2CCN(S(C)(=O)=O)CC2)c2c(O)cc3c(c2O)C(=O)O[C@@H](C)CCCC(=O)CCC/C=C/3)cc(OC)c1OC. The van der Waals surface area contributed by atoms with E-state index in [-0.39, 0.29) is 65.3 Å². The number of esters is 1. The number of allylic oxidation sites excluding steroid dienone is 1. The molecule has 2 aliphatic heterocycles. The molecule has 14 heteroatoms. The summed E-state index contributed by atoms with van der Waals surface area (Å²) in [6.07, 6.45) is 7.48. The van der Waals surface area contributed by atoms with Crippen molar-refractivity contribution in [2.24, 2.45) is 0 Å². The summed E-state index contributed by atoms with van der Waals surface area (Å²) >= 11 is 0. The molecule has 0 radical (unpaired) electrons. The summed E-state index contributed by atoms with van der Waals surface area (Å²) in [5.74, 6) is -2.19. The van der Waals surface area contributed by atoms with E-state index < -0.39 is 39.7 Å². The lowest BCUT2D eigenvalue weighted by Gasteiger charge is -2.31. The van der Waals surface area contributed by atoms with Crippen LogP contribution in [0.1, 0.15) is 97.7 Å². The quantitative estimate of drug-likeness (QED) is 0.307. The molecule has 0 saturated carbocycles. The predicted molar refractivity (Wildman–Crippen MR) is 187 cm³/mol. The first-order valence-corrected chi connectivity index (χ1v) is 18.6. The maximum atomic E-state index is 13.7. The zero-order valence-electron chi connectivity index (χ0n) is 29.3. The molecule has 2 heterocycles. The van der Waals surface area contributed by atoms with Gasteiger partial charge in [-0.05, 0) is 74.8 Å². The summed E-state index contributed by atoms with van der Waals surface area (Å²) in [6.45, 7) is 2.24. The van der Waals surface area contributed by atoms with E-state index >= 15 is 0 Å². The number of rotatable bonds is 9. The topological polar surface area (TPSA) is 178 Å². The number of benzene rings is 2. The van der Waals surface area contributed by atoms with Crippen molar-refractivity contribution in [2.45, 2.75) is 82.8 Å². The minimum atomic E-state index is -3.36. The Labute approximate surface area is 293 Å². The normalized spacial score (nSPS) is 19.7. The van der Waals surface area contributed by atoms with E-state index in [1.807, 2.05) is 0 Å². The van der Waals surface area contributed by atoms with Crippen LogP contribution in [-0.4, -0.2) is 93.4 Å². The van der Waals surface area contributed by atoms with Gasteiger partial charge in [0.05, 0.1) is 33.7 Å². The predicted octanol–water partition coefficient (Wildman–Crippen LogP) is 4.67. The van der Waals surface area contributed by atoms with Gasteiger partial charge in [-0.3, -0.25) is 9.59 Å². The summed E-state index contributed by atoms with van der Waals surface area (Å²) in [7, 11) is 0.964. The van der Waals surface area contributed by atoms with Crippen molar-refractivity contribution >= 4 is 33.8 Å². The molecule has 1 fully saturated rings. The molecule has 2 aliphatic rings. The van der Waals surface area contributed by atoms with Crippen molar-refractivity contribution in [3.8, 4) is 28.7 Å². The fourth-order valence-electron chi connectivity index (χ4n) is 6.51. The largest absolute Gasteiger partial charge is 0.507 e. The Hall–Kier alpha value is -4.30. The number of amides is 1. The Balaban J connectivity index is 1.80. The number of aromatic hydroxyl groups is 2.